The number of halogens is 1. The second-order valence-electron chi connectivity index (χ2n) is 6.79. The van der Waals surface area contributed by atoms with Gasteiger partial charge in [-0.25, -0.2) is 4.39 Å². The summed E-state index contributed by atoms with van der Waals surface area (Å²) in [6, 6.07) is 13.1. The number of piperazine rings is 1. The van der Waals surface area contributed by atoms with Crippen molar-refractivity contribution in [3.63, 3.8) is 0 Å². The Morgan fingerprint density at radius 3 is 2.60 bits per heavy atom. The van der Waals surface area contributed by atoms with Gasteiger partial charge in [-0.2, -0.15) is 5.26 Å². The van der Waals surface area contributed by atoms with E-state index in [1.807, 2.05) is 6.07 Å². The summed E-state index contributed by atoms with van der Waals surface area (Å²) in [6.07, 6.45) is 1.18. The number of carbonyl (C=O) groups is 1. The molecule has 1 heterocycles. The zero-order chi connectivity index (χ0) is 21.5. The van der Waals surface area contributed by atoms with E-state index in [4.69, 9.17) is 5.73 Å². The maximum atomic E-state index is 13.1. The zero-order valence-electron chi connectivity index (χ0n) is 16.7. The molecule has 0 bridgehead atoms. The molecule has 0 saturated carbocycles. The third-order valence-corrected chi connectivity index (χ3v) is 4.76. The Hall–Kier alpha value is -3.70. The van der Waals surface area contributed by atoms with Crippen LogP contribution in [0.5, 0.6) is 0 Å². The average molecular weight is 406 g/mol. The smallest absolute Gasteiger partial charge is 0.258 e. The van der Waals surface area contributed by atoms with Gasteiger partial charge in [-0.15, -0.1) is 0 Å². The van der Waals surface area contributed by atoms with E-state index in [1.165, 1.54) is 30.5 Å². The molecule has 0 aromatic heterocycles. The molecule has 3 rings (SSSR count). The van der Waals surface area contributed by atoms with E-state index in [1.54, 1.807) is 19.1 Å². The maximum Gasteiger partial charge on any atom is 0.258 e. The molecule has 1 saturated heterocycles. The van der Waals surface area contributed by atoms with E-state index in [2.05, 4.69) is 26.6 Å². The van der Waals surface area contributed by atoms with Crippen molar-refractivity contribution >= 4 is 28.7 Å². The number of rotatable bonds is 5. The molecule has 4 N–H and O–H groups in total. The van der Waals surface area contributed by atoms with Gasteiger partial charge in [0.15, 0.2) is 0 Å². The first-order valence-electron chi connectivity index (χ1n) is 9.56. The third kappa shape index (κ3) is 5.01. The SMILES string of the molecule is CC(=Nc1ccc(F)cc1)C(=CN)C(=O)Nc1ccc(N2CCNCC2)c(C#N)c1. The summed E-state index contributed by atoms with van der Waals surface area (Å²) in [5, 5.41) is 15.6. The molecule has 1 aliphatic heterocycles. The van der Waals surface area contributed by atoms with E-state index >= 15 is 0 Å². The number of carbonyl (C=O) groups excluding carboxylic acids is 1. The Balaban J connectivity index is 1.76. The number of aliphatic imine (C=N–C) groups is 1. The van der Waals surface area contributed by atoms with Gasteiger partial charge in [0.2, 0.25) is 0 Å². The highest BCUT2D eigenvalue weighted by molar-refractivity contribution is 6.25. The van der Waals surface area contributed by atoms with Gasteiger partial charge >= 0.3 is 0 Å². The summed E-state index contributed by atoms with van der Waals surface area (Å²) < 4.78 is 13.1. The number of nitrogens with one attached hydrogen (secondary N) is 2. The fourth-order valence-corrected chi connectivity index (χ4v) is 3.21. The maximum absolute atomic E-state index is 13.1. The van der Waals surface area contributed by atoms with Gasteiger partial charge in [0, 0.05) is 38.1 Å². The number of amides is 1. The van der Waals surface area contributed by atoms with Crippen LogP contribution in [-0.4, -0.2) is 37.8 Å². The Morgan fingerprint density at radius 2 is 1.97 bits per heavy atom. The molecule has 8 heteroatoms. The summed E-state index contributed by atoms with van der Waals surface area (Å²) in [6.45, 7) is 5.01. The van der Waals surface area contributed by atoms with Crippen LogP contribution in [0.15, 0.2) is 59.2 Å². The number of nitrogens with two attached hydrogens (primary N) is 1. The van der Waals surface area contributed by atoms with E-state index in [9.17, 15) is 14.4 Å². The predicted octanol–water partition coefficient (Wildman–Crippen LogP) is 2.68. The van der Waals surface area contributed by atoms with Crippen molar-refractivity contribution in [1.29, 1.82) is 5.26 Å². The fourth-order valence-electron chi connectivity index (χ4n) is 3.21. The topological polar surface area (TPSA) is 107 Å². The normalized spacial score (nSPS) is 14.9. The van der Waals surface area contributed by atoms with Crippen LogP contribution in [0.3, 0.4) is 0 Å². The lowest BCUT2D eigenvalue weighted by molar-refractivity contribution is -0.112. The molecule has 0 aliphatic carbocycles. The number of nitriles is 1. The summed E-state index contributed by atoms with van der Waals surface area (Å²) >= 11 is 0. The van der Waals surface area contributed by atoms with Gasteiger partial charge in [0.05, 0.1) is 28.2 Å². The lowest BCUT2D eigenvalue weighted by Gasteiger charge is -2.30. The molecule has 2 aromatic rings. The molecule has 154 valence electrons. The first-order chi connectivity index (χ1) is 14.5. The molecular weight excluding hydrogens is 383 g/mol. The van der Waals surface area contributed by atoms with Gasteiger partial charge in [-0.1, -0.05) is 0 Å². The minimum Gasteiger partial charge on any atom is -0.404 e. The van der Waals surface area contributed by atoms with E-state index in [-0.39, 0.29) is 11.4 Å². The first kappa shape index (κ1) is 21.0. The van der Waals surface area contributed by atoms with Crippen LogP contribution in [0.25, 0.3) is 0 Å². The number of benzene rings is 2. The molecule has 0 radical (unpaired) electrons. The number of nitrogens with zero attached hydrogens (tertiary/aromatic N) is 3. The highest BCUT2D eigenvalue weighted by atomic mass is 19.1. The molecule has 7 nitrogen and oxygen atoms in total. The van der Waals surface area contributed by atoms with Gasteiger partial charge in [0.1, 0.15) is 11.9 Å². The molecule has 1 amide bonds. The Bertz CT molecular complexity index is 1020. The van der Waals surface area contributed by atoms with Gasteiger partial charge in [-0.05, 0) is 49.4 Å². The molecule has 0 unspecified atom stereocenters. The van der Waals surface area contributed by atoms with Gasteiger partial charge < -0.3 is 21.3 Å². The summed E-state index contributed by atoms with van der Waals surface area (Å²) in [5.74, 6) is -0.809. The molecule has 2 aromatic carbocycles. The largest absolute Gasteiger partial charge is 0.404 e. The van der Waals surface area contributed by atoms with Crippen molar-refractivity contribution in [2.45, 2.75) is 6.92 Å². The van der Waals surface area contributed by atoms with Crippen LogP contribution in [-0.2, 0) is 4.79 Å². The van der Waals surface area contributed by atoms with Crippen molar-refractivity contribution in [3.8, 4) is 6.07 Å². The number of hydrogen-bond donors (Lipinski definition) is 3. The number of anilines is 2. The fraction of sp³-hybridized carbons (Fsp3) is 0.227. The summed E-state index contributed by atoms with van der Waals surface area (Å²) in [7, 11) is 0. The predicted molar refractivity (Wildman–Crippen MR) is 116 cm³/mol. The van der Waals surface area contributed by atoms with Crippen molar-refractivity contribution in [2.24, 2.45) is 10.7 Å². The second kappa shape index (κ2) is 9.67. The summed E-state index contributed by atoms with van der Waals surface area (Å²) in [5.41, 5.74) is 8.56. The molecular formula is C22H23FN6O. The van der Waals surface area contributed by atoms with Gasteiger partial charge in [-0.3, -0.25) is 9.79 Å². The van der Waals surface area contributed by atoms with Crippen molar-refractivity contribution < 1.29 is 9.18 Å². The Labute approximate surface area is 174 Å². The van der Waals surface area contributed by atoms with Crippen LogP contribution in [0.2, 0.25) is 0 Å². The van der Waals surface area contributed by atoms with E-state index in [0.717, 1.165) is 31.9 Å². The lowest BCUT2D eigenvalue weighted by atomic mass is 10.1. The van der Waals surface area contributed by atoms with Crippen LogP contribution >= 0.6 is 0 Å². The van der Waals surface area contributed by atoms with Crippen LogP contribution in [0, 0.1) is 17.1 Å². The summed E-state index contributed by atoms with van der Waals surface area (Å²) in [4.78, 5) is 19.2. The van der Waals surface area contributed by atoms with Crippen LogP contribution in [0.4, 0.5) is 21.5 Å². The molecule has 1 aliphatic rings. The minimum atomic E-state index is -0.445. The lowest BCUT2D eigenvalue weighted by Crippen LogP contribution is -2.43. The molecule has 30 heavy (non-hydrogen) atoms. The second-order valence-corrected chi connectivity index (χ2v) is 6.79. The Kier molecular flexibility index (Phi) is 6.78. The quantitative estimate of drug-likeness (QED) is 0.523. The van der Waals surface area contributed by atoms with Crippen LogP contribution < -0.4 is 21.3 Å². The molecule has 1 fully saturated rings. The van der Waals surface area contributed by atoms with Gasteiger partial charge in [0.25, 0.3) is 5.91 Å². The Morgan fingerprint density at radius 1 is 1.27 bits per heavy atom. The first-order valence-corrected chi connectivity index (χ1v) is 9.56. The van der Waals surface area contributed by atoms with Crippen molar-refractivity contribution in [3.05, 3.63) is 65.6 Å². The highest BCUT2D eigenvalue weighted by Gasteiger charge is 2.17. The van der Waals surface area contributed by atoms with Crippen LogP contribution in [0.1, 0.15) is 12.5 Å². The van der Waals surface area contributed by atoms with Crippen molar-refractivity contribution in [1.82, 2.24) is 5.32 Å². The zero-order valence-corrected chi connectivity index (χ0v) is 16.7. The van der Waals surface area contributed by atoms with Crippen molar-refractivity contribution in [2.75, 3.05) is 36.4 Å². The van der Waals surface area contributed by atoms with E-state index < -0.39 is 5.91 Å². The molecule has 0 spiro atoms. The van der Waals surface area contributed by atoms with E-state index in [0.29, 0.717) is 22.6 Å². The number of hydrogen-bond acceptors (Lipinski definition) is 6. The molecule has 0 atom stereocenters. The highest BCUT2D eigenvalue weighted by Crippen LogP contribution is 2.24. The standard InChI is InChI=1S/C22H23FN6O/c1-15(27-18-4-2-17(23)3-5-18)20(14-25)22(30)28-19-6-7-21(16(12-19)13-24)29-10-8-26-9-11-29/h2-7,12,14,26H,8-11,25H2,1H3,(H,28,30). The monoisotopic (exact) mass is 406 g/mol. The third-order valence-electron chi connectivity index (χ3n) is 4.76. The minimum absolute atomic E-state index is 0.184. The average Bonchev–Trinajstić information content (AvgIpc) is 2.76.